The van der Waals surface area contributed by atoms with Crippen molar-refractivity contribution < 1.29 is 4.74 Å². The van der Waals surface area contributed by atoms with E-state index in [9.17, 15) is 0 Å². The summed E-state index contributed by atoms with van der Waals surface area (Å²) in [6.07, 6.45) is 2.33. The molecular weight excluding hydrogens is 294 g/mol. The Morgan fingerprint density at radius 2 is 1.82 bits per heavy atom. The van der Waals surface area contributed by atoms with Gasteiger partial charge in [-0.2, -0.15) is 0 Å². The molecule has 0 aromatic heterocycles. The second-order valence-electron chi connectivity index (χ2n) is 5.94. The van der Waals surface area contributed by atoms with E-state index in [2.05, 4.69) is 29.2 Å². The lowest BCUT2D eigenvalue weighted by molar-refractivity contribution is 0.339. The fourth-order valence-corrected chi connectivity index (χ4v) is 3.25. The molecule has 0 amide bonds. The van der Waals surface area contributed by atoms with Crippen molar-refractivity contribution in [1.82, 2.24) is 4.90 Å². The number of hydrogen-bond acceptors (Lipinski definition) is 2. The maximum atomic E-state index is 5.97. The number of methoxy groups -OCH3 is 1. The molecule has 0 spiro atoms. The molecule has 2 aromatic carbocycles. The summed E-state index contributed by atoms with van der Waals surface area (Å²) in [4.78, 5) is 2.56. The number of benzene rings is 2. The van der Waals surface area contributed by atoms with Gasteiger partial charge in [0.15, 0.2) is 0 Å². The summed E-state index contributed by atoms with van der Waals surface area (Å²) in [6.45, 7) is 3.46. The van der Waals surface area contributed by atoms with E-state index < -0.39 is 0 Å². The van der Waals surface area contributed by atoms with E-state index in [0.717, 1.165) is 30.3 Å². The first kappa shape index (κ1) is 15.4. The molecule has 116 valence electrons. The van der Waals surface area contributed by atoms with E-state index >= 15 is 0 Å². The number of halogens is 1. The van der Waals surface area contributed by atoms with Gasteiger partial charge in [0.25, 0.3) is 0 Å². The molecule has 3 rings (SSSR count). The van der Waals surface area contributed by atoms with Crippen LogP contribution < -0.4 is 4.74 Å². The molecule has 0 bridgehead atoms. The average molecular weight is 316 g/mol. The number of ether oxygens (including phenoxy) is 1. The Balaban J connectivity index is 1.51. The van der Waals surface area contributed by atoms with Crippen LogP contribution in [0.1, 0.15) is 23.5 Å². The number of hydrogen-bond donors (Lipinski definition) is 0. The first-order valence-corrected chi connectivity index (χ1v) is 8.23. The normalized spacial score (nSPS) is 18.5. The molecule has 3 heteroatoms. The highest BCUT2D eigenvalue weighted by molar-refractivity contribution is 6.30. The highest BCUT2D eigenvalue weighted by Crippen LogP contribution is 2.28. The lowest BCUT2D eigenvalue weighted by atomic mass is 9.99. The lowest BCUT2D eigenvalue weighted by Gasteiger charge is -2.16. The third kappa shape index (κ3) is 3.82. The largest absolute Gasteiger partial charge is 0.497 e. The minimum Gasteiger partial charge on any atom is -0.497 e. The van der Waals surface area contributed by atoms with E-state index in [1.165, 1.54) is 24.1 Å². The van der Waals surface area contributed by atoms with E-state index in [-0.39, 0.29) is 0 Å². The maximum absolute atomic E-state index is 5.97. The van der Waals surface area contributed by atoms with Crippen LogP contribution >= 0.6 is 11.6 Å². The van der Waals surface area contributed by atoms with Gasteiger partial charge in [0.1, 0.15) is 5.75 Å². The van der Waals surface area contributed by atoms with Gasteiger partial charge in [-0.15, -0.1) is 0 Å². The standard InChI is InChI=1S/C19H22ClNO/c1-22-19-8-2-15(3-9-19)10-12-21-13-11-17(14-21)16-4-6-18(20)7-5-16/h2-9,17H,10-14H2,1H3/t17-/m0/s1. The Morgan fingerprint density at radius 1 is 1.09 bits per heavy atom. The van der Waals surface area contributed by atoms with Crippen LogP contribution in [0.4, 0.5) is 0 Å². The van der Waals surface area contributed by atoms with Gasteiger partial charge < -0.3 is 9.64 Å². The number of nitrogens with zero attached hydrogens (tertiary/aromatic N) is 1. The van der Waals surface area contributed by atoms with E-state index in [4.69, 9.17) is 16.3 Å². The van der Waals surface area contributed by atoms with Crippen LogP contribution in [0.5, 0.6) is 5.75 Å². The molecule has 2 aromatic rings. The molecule has 1 atom stereocenters. The van der Waals surface area contributed by atoms with Gasteiger partial charge in [-0.05, 0) is 60.7 Å². The van der Waals surface area contributed by atoms with Crippen molar-refractivity contribution in [2.75, 3.05) is 26.7 Å². The Labute approximate surface area is 137 Å². The van der Waals surface area contributed by atoms with Crippen LogP contribution in [0.25, 0.3) is 0 Å². The molecule has 1 aliphatic heterocycles. The quantitative estimate of drug-likeness (QED) is 0.812. The van der Waals surface area contributed by atoms with E-state index in [0.29, 0.717) is 5.92 Å². The Bertz CT molecular complexity index is 594. The van der Waals surface area contributed by atoms with E-state index in [1.54, 1.807) is 7.11 Å². The third-order valence-electron chi connectivity index (χ3n) is 4.49. The molecule has 1 fully saturated rings. The molecule has 0 unspecified atom stereocenters. The summed E-state index contributed by atoms with van der Waals surface area (Å²) >= 11 is 5.97. The molecule has 22 heavy (non-hydrogen) atoms. The summed E-state index contributed by atoms with van der Waals surface area (Å²) in [6, 6.07) is 16.7. The SMILES string of the molecule is COc1ccc(CCN2CC[C@H](c3ccc(Cl)cc3)C2)cc1. The summed E-state index contributed by atoms with van der Waals surface area (Å²) in [7, 11) is 1.70. The number of likely N-dealkylation sites (tertiary alicyclic amines) is 1. The molecule has 1 saturated heterocycles. The van der Waals surface area contributed by atoms with E-state index in [1.807, 2.05) is 24.3 Å². The molecule has 1 heterocycles. The number of rotatable bonds is 5. The molecule has 1 aliphatic rings. The van der Waals surface area contributed by atoms with Crippen LogP contribution in [0.3, 0.4) is 0 Å². The minimum atomic E-state index is 0.646. The van der Waals surface area contributed by atoms with Crippen molar-refractivity contribution in [1.29, 1.82) is 0 Å². The molecule has 2 nitrogen and oxygen atoms in total. The third-order valence-corrected chi connectivity index (χ3v) is 4.74. The molecule has 0 aliphatic carbocycles. The molecule has 0 N–H and O–H groups in total. The second-order valence-corrected chi connectivity index (χ2v) is 6.37. The van der Waals surface area contributed by atoms with Gasteiger partial charge in [0.2, 0.25) is 0 Å². The van der Waals surface area contributed by atoms with Crippen molar-refractivity contribution in [2.45, 2.75) is 18.8 Å². The highest BCUT2D eigenvalue weighted by atomic mass is 35.5. The Morgan fingerprint density at radius 3 is 2.50 bits per heavy atom. The second kappa shape index (κ2) is 7.17. The van der Waals surface area contributed by atoms with Crippen LogP contribution in [-0.2, 0) is 6.42 Å². The summed E-state index contributed by atoms with van der Waals surface area (Å²) in [5, 5.41) is 0.818. The van der Waals surface area contributed by atoms with Crippen LogP contribution in [0.2, 0.25) is 5.02 Å². The minimum absolute atomic E-state index is 0.646. The zero-order valence-corrected chi connectivity index (χ0v) is 13.7. The Kier molecular flexibility index (Phi) is 5.01. The van der Waals surface area contributed by atoms with Crippen molar-refractivity contribution in [3.63, 3.8) is 0 Å². The van der Waals surface area contributed by atoms with Gasteiger partial charge in [0.05, 0.1) is 7.11 Å². The van der Waals surface area contributed by atoms with Crippen molar-refractivity contribution in [3.8, 4) is 5.75 Å². The van der Waals surface area contributed by atoms with Crippen molar-refractivity contribution >= 4 is 11.6 Å². The fraction of sp³-hybridized carbons (Fsp3) is 0.368. The van der Waals surface area contributed by atoms with Gasteiger partial charge in [-0.25, -0.2) is 0 Å². The Hall–Kier alpha value is -1.51. The summed E-state index contributed by atoms with van der Waals surface area (Å²) in [5.41, 5.74) is 2.78. The van der Waals surface area contributed by atoms with Crippen LogP contribution in [0, 0.1) is 0 Å². The molecule has 0 saturated carbocycles. The topological polar surface area (TPSA) is 12.5 Å². The monoisotopic (exact) mass is 315 g/mol. The first-order chi connectivity index (χ1) is 10.7. The predicted molar refractivity (Wildman–Crippen MR) is 91.9 cm³/mol. The summed E-state index contributed by atoms with van der Waals surface area (Å²) < 4.78 is 5.20. The van der Waals surface area contributed by atoms with Crippen molar-refractivity contribution in [2.24, 2.45) is 0 Å². The maximum Gasteiger partial charge on any atom is 0.118 e. The van der Waals surface area contributed by atoms with Gasteiger partial charge in [0, 0.05) is 18.1 Å². The van der Waals surface area contributed by atoms with Gasteiger partial charge in [-0.3, -0.25) is 0 Å². The molecule has 0 radical (unpaired) electrons. The first-order valence-electron chi connectivity index (χ1n) is 7.85. The smallest absolute Gasteiger partial charge is 0.118 e. The van der Waals surface area contributed by atoms with Crippen LogP contribution in [0.15, 0.2) is 48.5 Å². The summed E-state index contributed by atoms with van der Waals surface area (Å²) in [5.74, 6) is 1.57. The average Bonchev–Trinajstić information content (AvgIpc) is 3.03. The fourth-order valence-electron chi connectivity index (χ4n) is 3.12. The highest BCUT2D eigenvalue weighted by Gasteiger charge is 2.23. The van der Waals surface area contributed by atoms with Crippen LogP contribution in [-0.4, -0.2) is 31.6 Å². The zero-order valence-electron chi connectivity index (χ0n) is 13.0. The predicted octanol–water partition coefficient (Wildman–Crippen LogP) is 4.38. The van der Waals surface area contributed by atoms with Gasteiger partial charge >= 0.3 is 0 Å². The lowest BCUT2D eigenvalue weighted by Crippen LogP contribution is -2.23. The zero-order chi connectivity index (χ0) is 15.4. The van der Waals surface area contributed by atoms with Gasteiger partial charge in [-0.1, -0.05) is 35.9 Å². The van der Waals surface area contributed by atoms with Crippen molar-refractivity contribution in [3.05, 3.63) is 64.7 Å². The molecular formula is C19H22ClNO.